The van der Waals surface area contributed by atoms with Gasteiger partial charge < -0.3 is 15.5 Å². The molecule has 6 rings (SSSR count). The first-order chi connectivity index (χ1) is 16.4. The van der Waals surface area contributed by atoms with Gasteiger partial charge in [-0.15, -0.1) is 0 Å². The third-order valence-corrected chi connectivity index (χ3v) is 8.09. The molecular formula is C26H27N3O5. The molecule has 1 spiro atoms. The Balaban J connectivity index is 1.45. The average Bonchev–Trinajstić information content (AvgIpc) is 3.41. The molecule has 4 aliphatic rings. The molecule has 1 saturated carbocycles. The maximum absolute atomic E-state index is 13.9. The number of likely N-dealkylation sites (tertiary alicyclic amines) is 1. The minimum absolute atomic E-state index is 0.116. The van der Waals surface area contributed by atoms with E-state index >= 15 is 0 Å². The predicted octanol–water partition coefficient (Wildman–Crippen LogP) is 2.39. The van der Waals surface area contributed by atoms with E-state index in [1.165, 1.54) is 17.0 Å². The summed E-state index contributed by atoms with van der Waals surface area (Å²) in [5.41, 5.74) is 0.725. The van der Waals surface area contributed by atoms with E-state index < -0.39 is 23.4 Å². The van der Waals surface area contributed by atoms with Crippen molar-refractivity contribution in [1.29, 1.82) is 0 Å². The standard InChI is InChI=1S/C26H27N3O5/c30-19-11-10-14(13-20(19)31)12-18-21-22(24(33)29(23(21)32)15-6-2-1-3-7-15)26(28-18)16-8-4-5-9-17(16)27-25(26)34/h4-5,8-11,13,15,18,21-22,28,30-31H,1-3,6-7,12H2,(H,27,34)/t18-,21-,22-,26+/m1/s1. The largest absolute Gasteiger partial charge is 0.504 e. The number of phenolic OH excluding ortho intramolecular Hbond substituents is 2. The number of nitrogens with zero attached hydrogens (tertiary/aromatic N) is 1. The van der Waals surface area contributed by atoms with Crippen LogP contribution in [-0.2, 0) is 26.3 Å². The zero-order chi connectivity index (χ0) is 23.6. The Hall–Kier alpha value is -3.39. The number of carbonyl (C=O) groups excluding carboxylic acids is 3. The van der Waals surface area contributed by atoms with Crippen molar-refractivity contribution in [1.82, 2.24) is 10.2 Å². The summed E-state index contributed by atoms with van der Waals surface area (Å²) in [6, 6.07) is 11.3. The van der Waals surface area contributed by atoms with Gasteiger partial charge in [-0.3, -0.25) is 24.6 Å². The number of nitrogens with one attached hydrogen (secondary N) is 2. The Kier molecular flexibility index (Phi) is 4.71. The van der Waals surface area contributed by atoms with Crippen molar-refractivity contribution >= 4 is 23.4 Å². The van der Waals surface area contributed by atoms with Gasteiger partial charge in [0.15, 0.2) is 11.5 Å². The van der Waals surface area contributed by atoms with E-state index in [0.717, 1.165) is 32.1 Å². The number of hydrogen-bond donors (Lipinski definition) is 4. The fourth-order valence-corrected chi connectivity index (χ4v) is 6.60. The van der Waals surface area contributed by atoms with E-state index in [1.54, 1.807) is 6.07 Å². The summed E-state index contributed by atoms with van der Waals surface area (Å²) in [5, 5.41) is 26.0. The normalized spacial score (nSPS) is 30.6. The minimum Gasteiger partial charge on any atom is -0.504 e. The molecule has 2 saturated heterocycles. The van der Waals surface area contributed by atoms with Crippen molar-refractivity contribution in [2.45, 2.75) is 56.1 Å². The monoisotopic (exact) mass is 461 g/mol. The fraction of sp³-hybridized carbons (Fsp3) is 0.423. The van der Waals surface area contributed by atoms with Crippen molar-refractivity contribution in [2.24, 2.45) is 11.8 Å². The molecule has 34 heavy (non-hydrogen) atoms. The van der Waals surface area contributed by atoms with Crippen LogP contribution in [0.2, 0.25) is 0 Å². The molecule has 0 radical (unpaired) electrons. The predicted molar refractivity (Wildman–Crippen MR) is 123 cm³/mol. The number of hydrogen-bond acceptors (Lipinski definition) is 6. The average molecular weight is 462 g/mol. The summed E-state index contributed by atoms with van der Waals surface area (Å²) in [6.45, 7) is 0. The van der Waals surface area contributed by atoms with E-state index in [9.17, 15) is 24.6 Å². The van der Waals surface area contributed by atoms with Gasteiger partial charge in [-0.2, -0.15) is 0 Å². The number of fused-ring (bicyclic) bond motifs is 4. The van der Waals surface area contributed by atoms with Gasteiger partial charge in [0, 0.05) is 23.3 Å². The van der Waals surface area contributed by atoms with Crippen LogP contribution in [-0.4, -0.2) is 44.9 Å². The van der Waals surface area contributed by atoms with Crippen LogP contribution >= 0.6 is 0 Å². The van der Waals surface area contributed by atoms with Gasteiger partial charge in [0.25, 0.3) is 0 Å². The van der Waals surface area contributed by atoms with Crippen molar-refractivity contribution in [2.75, 3.05) is 5.32 Å². The van der Waals surface area contributed by atoms with Gasteiger partial charge in [-0.1, -0.05) is 43.5 Å². The van der Waals surface area contributed by atoms with Gasteiger partial charge >= 0.3 is 0 Å². The molecule has 1 aliphatic carbocycles. The number of anilines is 1. The zero-order valence-electron chi connectivity index (χ0n) is 18.7. The molecule has 8 nitrogen and oxygen atoms in total. The van der Waals surface area contributed by atoms with Crippen molar-refractivity contribution in [3.05, 3.63) is 53.6 Å². The van der Waals surface area contributed by atoms with Crippen LogP contribution in [0, 0.1) is 11.8 Å². The number of aromatic hydroxyl groups is 2. The van der Waals surface area contributed by atoms with Crippen LogP contribution in [0.25, 0.3) is 0 Å². The van der Waals surface area contributed by atoms with E-state index in [2.05, 4.69) is 10.6 Å². The summed E-state index contributed by atoms with van der Waals surface area (Å²) in [7, 11) is 0. The van der Waals surface area contributed by atoms with E-state index in [4.69, 9.17) is 0 Å². The third kappa shape index (κ3) is 2.84. The van der Waals surface area contributed by atoms with Crippen molar-refractivity contribution in [3.8, 4) is 11.5 Å². The van der Waals surface area contributed by atoms with Crippen LogP contribution < -0.4 is 10.6 Å². The Morgan fingerprint density at radius 2 is 1.71 bits per heavy atom. The second-order valence-corrected chi connectivity index (χ2v) is 9.93. The number of benzene rings is 2. The van der Waals surface area contributed by atoms with Crippen LogP contribution in [0.3, 0.4) is 0 Å². The van der Waals surface area contributed by atoms with E-state index in [-0.39, 0.29) is 35.3 Å². The lowest BCUT2D eigenvalue weighted by Gasteiger charge is -2.34. The van der Waals surface area contributed by atoms with E-state index in [0.29, 0.717) is 23.2 Å². The molecule has 2 aromatic rings. The van der Waals surface area contributed by atoms with E-state index in [1.807, 2.05) is 24.3 Å². The first-order valence-corrected chi connectivity index (χ1v) is 12.0. The lowest BCUT2D eigenvalue weighted by molar-refractivity contribution is -0.146. The maximum Gasteiger partial charge on any atom is 0.250 e. The molecule has 176 valence electrons. The lowest BCUT2D eigenvalue weighted by atomic mass is 9.76. The molecule has 3 aliphatic heterocycles. The fourth-order valence-electron chi connectivity index (χ4n) is 6.60. The summed E-state index contributed by atoms with van der Waals surface area (Å²) < 4.78 is 0. The summed E-state index contributed by atoms with van der Waals surface area (Å²) in [6.07, 6.45) is 5.00. The lowest BCUT2D eigenvalue weighted by Crippen LogP contribution is -2.54. The van der Waals surface area contributed by atoms with Gasteiger partial charge in [0.1, 0.15) is 5.54 Å². The van der Waals surface area contributed by atoms with Crippen LogP contribution in [0.1, 0.15) is 43.2 Å². The second kappa shape index (κ2) is 7.56. The Labute approximate surface area is 197 Å². The summed E-state index contributed by atoms with van der Waals surface area (Å²) >= 11 is 0. The molecule has 0 unspecified atom stereocenters. The third-order valence-electron chi connectivity index (χ3n) is 8.09. The molecule has 3 heterocycles. The summed E-state index contributed by atoms with van der Waals surface area (Å²) in [4.78, 5) is 42.7. The van der Waals surface area contributed by atoms with Crippen LogP contribution in [0.4, 0.5) is 5.69 Å². The number of imide groups is 1. The molecular weight excluding hydrogens is 434 g/mol. The van der Waals surface area contributed by atoms with Crippen molar-refractivity contribution in [3.63, 3.8) is 0 Å². The molecule has 4 atom stereocenters. The quantitative estimate of drug-likeness (QED) is 0.412. The highest BCUT2D eigenvalue weighted by Gasteiger charge is 2.70. The Bertz CT molecular complexity index is 1210. The highest BCUT2D eigenvalue weighted by molar-refractivity contribution is 6.15. The topological polar surface area (TPSA) is 119 Å². The first kappa shape index (κ1) is 21.2. The second-order valence-electron chi connectivity index (χ2n) is 9.93. The van der Waals surface area contributed by atoms with Gasteiger partial charge in [-0.05, 0) is 43.0 Å². The van der Waals surface area contributed by atoms with Gasteiger partial charge in [0.2, 0.25) is 17.7 Å². The molecule has 3 amide bonds. The van der Waals surface area contributed by atoms with Gasteiger partial charge in [-0.25, -0.2) is 0 Å². The highest BCUT2D eigenvalue weighted by Crippen LogP contribution is 2.54. The molecule has 4 N–H and O–H groups in total. The summed E-state index contributed by atoms with van der Waals surface area (Å²) in [5.74, 6) is -2.79. The van der Waals surface area contributed by atoms with Crippen molar-refractivity contribution < 1.29 is 24.6 Å². The smallest absolute Gasteiger partial charge is 0.250 e. The molecule has 2 aromatic carbocycles. The van der Waals surface area contributed by atoms with Crippen LogP contribution in [0.5, 0.6) is 11.5 Å². The first-order valence-electron chi connectivity index (χ1n) is 12.0. The molecule has 8 heteroatoms. The minimum atomic E-state index is -1.32. The van der Waals surface area contributed by atoms with Crippen LogP contribution in [0.15, 0.2) is 42.5 Å². The Morgan fingerprint density at radius 1 is 0.941 bits per heavy atom. The number of phenols is 2. The molecule has 0 aromatic heterocycles. The molecule has 3 fully saturated rings. The maximum atomic E-state index is 13.9. The molecule has 0 bridgehead atoms. The Morgan fingerprint density at radius 3 is 2.47 bits per heavy atom. The zero-order valence-corrected chi connectivity index (χ0v) is 18.7. The van der Waals surface area contributed by atoms with Gasteiger partial charge in [0.05, 0.1) is 11.8 Å². The number of amides is 3. The number of para-hydroxylation sites is 1. The number of rotatable bonds is 3. The number of carbonyl (C=O) groups is 3. The SMILES string of the molecule is O=C1[C@@H]2[C@@H](Cc3ccc(O)c(O)c3)N[C@]3(C(=O)Nc4ccccc43)[C@H]2C(=O)N1C1CCCCC1. The highest BCUT2D eigenvalue weighted by atomic mass is 16.3.